The highest BCUT2D eigenvalue weighted by Crippen LogP contribution is 2.24. The topological polar surface area (TPSA) is 53.9 Å². The predicted octanol–water partition coefficient (Wildman–Crippen LogP) is 3.07. The third-order valence-electron chi connectivity index (χ3n) is 3.98. The van der Waals surface area contributed by atoms with E-state index in [0.717, 1.165) is 40.9 Å². The van der Waals surface area contributed by atoms with Crippen LogP contribution in [0.3, 0.4) is 0 Å². The molecule has 0 unspecified atom stereocenters. The molecule has 1 aliphatic rings. The fraction of sp³-hybridized carbons (Fsp3) is 0.533. The molecule has 6 heteroatoms. The van der Waals surface area contributed by atoms with Crippen molar-refractivity contribution in [2.24, 2.45) is 0 Å². The van der Waals surface area contributed by atoms with E-state index in [1.807, 2.05) is 13.8 Å². The molecule has 2 aromatic rings. The Kier molecular flexibility index (Phi) is 4.05. The molecule has 3 rings (SSSR count). The molecule has 3 heterocycles. The van der Waals surface area contributed by atoms with Crippen LogP contribution in [0.1, 0.15) is 35.5 Å². The number of thiazole rings is 1. The lowest BCUT2D eigenvalue weighted by Gasteiger charge is -2.12. The second kappa shape index (κ2) is 5.97. The Balaban J connectivity index is 1.65. The highest BCUT2D eigenvalue weighted by Gasteiger charge is 2.15. The minimum Gasteiger partial charge on any atom is -0.349 e. The van der Waals surface area contributed by atoms with Crippen LogP contribution < -0.4 is 10.2 Å². The van der Waals surface area contributed by atoms with Crippen molar-refractivity contribution in [3.8, 4) is 0 Å². The lowest BCUT2D eigenvalue weighted by molar-refractivity contribution is 0.932. The second-order valence-corrected chi connectivity index (χ2v) is 6.35. The van der Waals surface area contributed by atoms with Crippen molar-refractivity contribution >= 4 is 22.4 Å². The van der Waals surface area contributed by atoms with Gasteiger partial charge in [0.25, 0.3) is 0 Å². The molecule has 2 aromatic heterocycles. The van der Waals surface area contributed by atoms with E-state index in [9.17, 15) is 0 Å². The smallest absolute Gasteiger partial charge is 0.223 e. The zero-order chi connectivity index (χ0) is 14.8. The quantitative estimate of drug-likeness (QED) is 0.940. The molecule has 0 amide bonds. The van der Waals surface area contributed by atoms with E-state index in [1.54, 1.807) is 11.3 Å². The van der Waals surface area contributed by atoms with E-state index >= 15 is 0 Å². The maximum atomic E-state index is 4.70. The van der Waals surface area contributed by atoms with Crippen LogP contribution in [0.5, 0.6) is 0 Å². The number of nitrogens with zero attached hydrogens (tertiary/aromatic N) is 4. The van der Waals surface area contributed by atoms with Gasteiger partial charge in [-0.25, -0.2) is 15.0 Å². The van der Waals surface area contributed by atoms with E-state index < -0.39 is 0 Å². The van der Waals surface area contributed by atoms with Crippen LogP contribution >= 0.6 is 11.3 Å². The first-order chi connectivity index (χ1) is 10.1. The Morgan fingerprint density at radius 1 is 1.10 bits per heavy atom. The number of hydrogen-bond donors (Lipinski definition) is 1. The van der Waals surface area contributed by atoms with Crippen LogP contribution in [0, 0.1) is 20.8 Å². The van der Waals surface area contributed by atoms with Crippen molar-refractivity contribution in [1.29, 1.82) is 0 Å². The first kappa shape index (κ1) is 14.3. The number of aryl methyl sites for hydroxylation is 2. The van der Waals surface area contributed by atoms with Crippen LogP contribution in [-0.2, 0) is 6.54 Å². The number of nitrogens with one attached hydrogen (secondary N) is 1. The summed E-state index contributed by atoms with van der Waals surface area (Å²) in [7, 11) is 0. The molecular formula is C15H21N5S. The summed E-state index contributed by atoms with van der Waals surface area (Å²) >= 11 is 1.72. The first-order valence-corrected chi connectivity index (χ1v) is 8.26. The summed E-state index contributed by atoms with van der Waals surface area (Å²) in [6.07, 6.45) is 2.56. The van der Waals surface area contributed by atoms with Crippen LogP contribution in [0.4, 0.5) is 11.1 Å². The summed E-state index contributed by atoms with van der Waals surface area (Å²) in [6.45, 7) is 9.04. The molecule has 0 atom stereocenters. The normalized spacial score (nSPS) is 14.7. The Morgan fingerprint density at radius 3 is 2.43 bits per heavy atom. The van der Waals surface area contributed by atoms with Gasteiger partial charge >= 0.3 is 0 Å². The summed E-state index contributed by atoms with van der Waals surface area (Å²) in [5, 5.41) is 6.54. The lowest BCUT2D eigenvalue weighted by Crippen LogP contribution is -2.17. The average molecular weight is 303 g/mol. The predicted molar refractivity (Wildman–Crippen MR) is 87.1 cm³/mol. The molecule has 1 N–H and O–H groups in total. The van der Waals surface area contributed by atoms with Crippen molar-refractivity contribution in [2.75, 3.05) is 23.3 Å². The second-order valence-electron chi connectivity index (χ2n) is 5.51. The van der Waals surface area contributed by atoms with Gasteiger partial charge in [-0.3, -0.25) is 0 Å². The van der Waals surface area contributed by atoms with E-state index in [2.05, 4.69) is 32.5 Å². The van der Waals surface area contributed by atoms with Crippen molar-refractivity contribution in [3.63, 3.8) is 0 Å². The molecule has 0 saturated carbocycles. The van der Waals surface area contributed by atoms with Gasteiger partial charge in [-0.15, -0.1) is 11.3 Å². The van der Waals surface area contributed by atoms with Gasteiger partial charge in [0, 0.05) is 29.9 Å². The van der Waals surface area contributed by atoms with Crippen LogP contribution in [0.15, 0.2) is 5.38 Å². The molecule has 1 aliphatic heterocycles. The van der Waals surface area contributed by atoms with Crippen LogP contribution in [-0.4, -0.2) is 28.0 Å². The molecule has 5 nitrogen and oxygen atoms in total. The summed E-state index contributed by atoms with van der Waals surface area (Å²) in [4.78, 5) is 16.0. The van der Waals surface area contributed by atoms with Gasteiger partial charge in [0.15, 0.2) is 5.13 Å². The summed E-state index contributed by atoms with van der Waals surface area (Å²) in [5.41, 5.74) is 4.27. The molecule has 21 heavy (non-hydrogen) atoms. The number of anilines is 2. The van der Waals surface area contributed by atoms with Gasteiger partial charge < -0.3 is 10.2 Å². The van der Waals surface area contributed by atoms with Crippen LogP contribution in [0.2, 0.25) is 0 Å². The van der Waals surface area contributed by atoms with Gasteiger partial charge in [0.1, 0.15) is 0 Å². The fourth-order valence-corrected chi connectivity index (χ4v) is 3.33. The van der Waals surface area contributed by atoms with E-state index in [-0.39, 0.29) is 0 Å². The zero-order valence-electron chi connectivity index (χ0n) is 12.8. The summed E-state index contributed by atoms with van der Waals surface area (Å²) < 4.78 is 0. The molecular weight excluding hydrogens is 282 g/mol. The van der Waals surface area contributed by atoms with Crippen molar-refractivity contribution in [3.05, 3.63) is 28.0 Å². The zero-order valence-corrected chi connectivity index (χ0v) is 13.6. The molecule has 1 fully saturated rings. The minimum atomic E-state index is 0.673. The van der Waals surface area contributed by atoms with Gasteiger partial charge in [-0.05, 0) is 39.2 Å². The molecule has 0 spiro atoms. The Morgan fingerprint density at radius 2 is 1.76 bits per heavy atom. The Hall–Kier alpha value is -1.69. The average Bonchev–Trinajstić information content (AvgIpc) is 3.12. The van der Waals surface area contributed by atoms with Gasteiger partial charge in [-0.2, -0.15) is 0 Å². The van der Waals surface area contributed by atoms with E-state index in [0.29, 0.717) is 12.5 Å². The summed E-state index contributed by atoms with van der Waals surface area (Å²) in [6, 6.07) is 0. The highest BCUT2D eigenvalue weighted by atomic mass is 32.1. The van der Waals surface area contributed by atoms with Crippen LogP contribution in [0.25, 0.3) is 0 Å². The first-order valence-electron chi connectivity index (χ1n) is 7.38. The third-order valence-corrected chi connectivity index (χ3v) is 4.93. The number of hydrogen-bond acceptors (Lipinski definition) is 6. The molecule has 0 aliphatic carbocycles. The monoisotopic (exact) mass is 303 g/mol. The standard InChI is InChI=1S/C15H21N5S/c1-10-11(2)17-14(18-12(10)3)16-8-13-9-21-15(19-13)20-6-4-5-7-20/h9H,4-8H2,1-3H3,(H,16,17,18). The van der Waals surface area contributed by atoms with E-state index in [4.69, 9.17) is 4.98 Å². The molecule has 1 saturated heterocycles. The SMILES string of the molecule is Cc1nc(NCc2csc(N3CCCC3)n2)nc(C)c1C. The van der Waals surface area contributed by atoms with Crippen molar-refractivity contribution in [1.82, 2.24) is 15.0 Å². The number of rotatable bonds is 4. The summed E-state index contributed by atoms with van der Waals surface area (Å²) in [5.74, 6) is 0.686. The maximum absolute atomic E-state index is 4.70. The Bertz CT molecular complexity index is 608. The molecule has 0 radical (unpaired) electrons. The van der Waals surface area contributed by atoms with Gasteiger partial charge in [-0.1, -0.05) is 0 Å². The van der Waals surface area contributed by atoms with Crippen molar-refractivity contribution < 1.29 is 0 Å². The van der Waals surface area contributed by atoms with E-state index in [1.165, 1.54) is 12.8 Å². The fourth-order valence-electron chi connectivity index (χ4n) is 2.45. The third kappa shape index (κ3) is 3.15. The largest absolute Gasteiger partial charge is 0.349 e. The van der Waals surface area contributed by atoms with Crippen molar-refractivity contribution in [2.45, 2.75) is 40.2 Å². The van der Waals surface area contributed by atoms with Gasteiger partial charge in [0.2, 0.25) is 5.95 Å². The molecule has 0 aromatic carbocycles. The Labute approximate surface area is 129 Å². The maximum Gasteiger partial charge on any atom is 0.223 e. The van der Waals surface area contributed by atoms with Gasteiger partial charge in [0.05, 0.1) is 12.2 Å². The lowest BCUT2D eigenvalue weighted by atomic mass is 10.2. The molecule has 112 valence electrons. The highest BCUT2D eigenvalue weighted by molar-refractivity contribution is 7.13. The minimum absolute atomic E-state index is 0.673. The number of aromatic nitrogens is 3. The molecule has 0 bridgehead atoms.